The Bertz CT molecular complexity index is 897. The van der Waals surface area contributed by atoms with Gasteiger partial charge in [0.2, 0.25) is 5.88 Å². The Labute approximate surface area is 144 Å². The summed E-state index contributed by atoms with van der Waals surface area (Å²) in [5.41, 5.74) is 3.01. The minimum absolute atomic E-state index is 0.174. The zero-order valence-electron chi connectivity index (χ0n) is 13.9. The van der Waals surface area contributed by atoms with Gasteiger partial charge in [-0.1, -0.05) is 12.1 Å². The summed E-state index contributed by atoms with van der Waals surface area (Å²) < 4.78 is 32.2. The molecule has 0 bridgehead atoms. The summed E-state index contributed by atoms with van der Waals surface area (Å²) in [6, 6.07) is 11.8. The van der Waals surface area contributed by atoms with Gasteiger partial charge in [-0.3, -0.25) is 4.79 Å². The van der Waals surface area contributed by atoms with E-state index in [2.05, 4.69) is 4.98 Å². The molecule has 1 aromatic heterocycles. The van der Waals surface area contributed by atoms with E-state index in [4.69, 9.17) is 4.74 Å². The number of halogens is 2. The Morgan fingerprint density at radius 1 is 0.960 bits per heavy atom. The predicted molar refractivity (Wildman–Crippen MR) is 92.8 cm³/mol. The van der Waals surface area contributed by atoms with Crippen molar-refractivity contribution in [3.63, 3.8) is 0 Å². The van der Waals surface area contributed by atoms with Crippen molar-refractivity contribution in [3.05, 3.63) is 65.7 Å². The van der Waals surface area contributed by atoms with Crippen molar-refractivity contribution in [2.75, 3.05) is 6.61 Å². The van der Waals surface area contributed by atoms with Crippen molar-refractivity contribution in [1.29, 1.82) is 0 Å². The fourth-order valence-corrected chi connectivity index (χ4v) is 2.80. The lowest BCUT2D eigenvalue weighted by atomic mass is 9.96. The number of rotatable bonds is 5. The number of aromatic nitrogens is 1. The maximum atomic E-state index is 13.3. The molecule has 1 heterocycles. The van der Waals surface area contributed by atoms with Gasteiger partial charge >= 0.3 is 0 Å². The standard InChI is InChI=1S/C20H17F2NO2/c1-3-25-20-17(12(2)24)18(13-4-8-15(21)9-5-13)19(23-20)14-6-10-16(22)11-7-14/h4-11,23H,3H2,1-2H3. The van der Waals surface area contributed by atoms with E-state index >= 15 is 0 Å². The molecule has 1 N–H and O–H groups in total. The number of hydrogen-bond acceptors (Lipinski definition) is 2. The maximum absolute atomic E-state index is 13.3. The zero-order valence-corrected chi connectivity index (χ0v) is 13.9. The number of nitrogens with one attached hydrogen (secondary N) is 1. The number of carbonyl (C=O) groups is 1. The number of Topliss-reactive ketones (excluding diaryl/α,β-unsaturated/α-hetero) is 1. The topological polar surface area (TPSA) is 42.1 Å². The second kappa shape index (κ2) is 6.89. The lowest BCUT2D eigenvalue weighted by Crippen LogP contribution is -2.00. The van der Waals surface area contributed by atoms with E-state index < -0.39 is 0 Å². The summed E-state index contributed by atoms with van der Waals surface area (Å²) in [7, 11) is 0. The Kier molecular flexibility index (Phi) is 4.65. The number of aromatic amines is 1. The van der Waals surface area contributed by atoms with E-state index in [1.54, 1.807) is 24.3 Å². The van der Waals surface area contributed by atoms with E-state index in [9.17, 15) is 13.6 Å². The number of ketones is 1. The van der Waals surface area contributed by atoms with Gasteiger partial charge in [0.05, 0.1) is 17.9 Å². The molecule has 0 saturated heterocycles. The van der Waals surface area contributed by atoms with Crippen molar-refractivity contribution < 1.29 is 18.3 Å². The van der Waals surface area contributed by atoms with Crippen LogP contribution < -0.4 is 4.74 Å². The van der Waals surface area contributed by atoms with Gasteiger partial charge in [0.15, 0.2) is 5.78 Å². The molecule has 128 valence electrons. The van der Waals surface area contributed by atoms with Gasteiger partial charge in [-0.2, -0.15) is 0 Å². The number of hydrogen-bond donors (Lipinski definition) is 1. The van der Waals surface area contributed by atoms with E-state index in [0.717, 1.165) is 0 Å². The van der Waals surface area contributed by atoms with Crippen molar-refractivity contribution in [1.82, 2.24) is 4.98 Å². The minimum Gasteiger partial charge on any atom is -0.479 e. The third kappa shape index (κ3) is 3.31. The Hall–Kier alpha value is -2.95. The number of benzene rings is 2. The molecule has 5 heteroatoms. The normalized spacial score (nSPS) is 10.7. The maximum Gasteiger partial charge on any atom is 0.203 e. The highest BCUT2D eigenvalue weighted by Gasteiger charge is 2.24. The number of carbonyl (C=O) groups excluding carboxylic acids is 1. The van der Waals surface area contributed by atoms with Crippen LogP contribution in [0.5, 0.6) is 5.88 Å². The van der Waals surface area contributed by atoms with Crippen LogP contribution in [-0.2, 0) is 0 Å². The molecular weight excluding hydrogens is 324 g/mol. The van der Waals surface area contributed by atoms with E-state index in [0.29, 0.717) is 40.4 Å². The van der Waals surface area contributed by atoms with Crippen LogP contribution in [0.1, 0.15) is 24.2 Å². The molecule has 3 rings (SSSR count). The van der Waals surface area contributed by atoms with E-state index in [-0.39, 0.29) is 17.4 Å². The molecule has 25 heavy (non-hydrogen) atoms. The molecule has 0 amide bonds. The fourth-order valence-electron chi connectivity index (χ4n) is 2.80. The van der Waals surface area contributed by atoms with Crippen molar-refractivity contribution in [2.45, 2.75) is 13.8 Å². The van der Waals surface area contributed by atoms with Crippen molar-refractivity contribution in [3.8, 4) is 28.3 Å². The largest absolute Gasteiger partial charge is 0.479 e. The first-order valence-electron chi connectivity index (χ1n) is 7.92. The van der Waals surface area contributed by atoms with Crippen LogP contribution in [-0.4, -0.2) is 17.4 Å². The van der Waals surface area contributed by atoms with E-state index in [1.165, 1.54) is 31.2 Å². The van der Waals surface area contributed by atoms with Crippen LogP contribution in [0.25, 0.3) is 22.4 Å². The Morgan fingerprint density at radius 2 is 1.48 bits per heavy atom. The van der Waals surface area contributed by atoms with Gasteiger partial charge in [0, 0.05) is 5.56 Å². The molecule has 0 fully saturated rings. The van der Waals surface area contributed by atoms with Gasteiger partial charge in [-0.25, -0.2) is 8.78 Å². The highest BCUT2D eigenvalue weighted by Crippen LogP contribution is 2.40. The highest BCUT2D eigenvalue weighted by molar-refractivity contribution is 6.07. The molecule has 3 nitrogen and oxygen atoms in total. The monoisotopic (exact) mass is 341 g/mol. The summed E-state index contributed by atoms with van der Waals surface area (Å²) in [5, 5.41) is 0. The van der Waals surface area contributed by atoms with E-state index in [1.807, 2.05) is 6.92 Å². The molecule has 3 aromatic rings. The molecule has 0 aliphatic rings. The summed E-state index contributed by atoms with van der Waals surface area (Å²) in [6.45, 7) is 3.65. The Morgan fingerprint density at radius 3 is 1.96 bits per heavy atom. The molecular formula is C20H17F2NO2. The molecule has 0 spiro atoms. The fraction of sp³-hybridized carbons (Fsp3) is 0.150. The first kappa shape index (κ1) is 16.9. The third-order valence-electron chi connectivity index (χ3n) is 3.87. The van der Waals surface area contributed by atoms with Crippen LogP contribution in [0, 0.1) is 11.6 Å². The molecule has 0 radical (unpaired) electrons. The van der Waals surface area contributed by atoms with Gasteiger partial charge in [-0.05, 0) is 61.4 Å². The van der Waals surface area contributed by atoms with Gasteiger partial charge in [0.25, 0.3) is 0 Å². The summed E-state index contributed by atoms with van der Waals surface area (Å²) >= 11 is 0. The van der Waals surface area contributed by atoms with Crippen LogP contribution in [0.4, 0.5) is 8.78 Å². The van der Waals surface area contributed by atoms with Crippen LogP contribution in [0.3, 0.4) is 0 Å². The minimum atomic E-state index is -0.364. The quantitative estimate of drug-likeness (QED) is 0.646. The zero-order chi connectivity index (χ0) is 18.0. The van der Waals surface area contributed by atoms with Gasteiger partial charge in [0.1, 0.15) is 11.6 Å². The molecule has 0 aliphatic carbocycles. The van der Waals surface area contributed by atoms with Gasteiger partial charge in [-0.15, -0.1) is 0 Å². The SMILES string of the molecule is CCOc1[nH]c(-c2ccc(F)cc2)c(-c2ccc(F)cc2)c1C(C)=O. The predicted octanol–water partition coefficient (Wildman–Crippen LogP) is 5.23. The molecule has 0 atom stereocenters. The van der Waals surface area contributed by atoms with Crippen LogP contribution in [0.2, 0.25) is 0 Å². The summed E-state index contributed by atoms with van der Waals surface area (Å²) in [5.74, 6) is -0.534. The first-order chi connectivity index (χ1) is 12.0. The smallest absolute Gasteiger partial charge is 0.203 e. The number of H-pyrrole nitrogens is 1. The lowest BCUT2D eigenvalue weighted by Gasteiger charge is -2.07. The average Bonchev–Trinajstić information content (AvgIpc) is 2.96. The average molecular weight is 341 g/mol. The van der Waals surface area contributed by atoms with Crippen molar-refractivity contribution in [2.24, 2.45) is 0 Å². The second-order valence-corrected chi connectivity index (χ2v) is 5.58. The first-order valence-corrected chi connectivity index (χ1v) is 7.92. The molecule has 0 aliphatic heterocycles. The number of ether oxygens (including phenoxy) is 1. The molecule has 0 saturated carbocycles. The lowest BCUT2D eigenvalue weighted by molar-refractivity contribution is 0.101. The third-order valence-corrected chi connectivity index (χ3v) is 3.87. The molecule has 0 unspecified atom stereocenters. The van der Waals surface area contributed by atoms with Crippen molar-refractivity contribution >= 4 is 5.78 Å². The molecule has 2 aromatic carbocycles. The van der Waals surface area contributed by atoms with Crippen LogP contribution in [0.15, 0.2) is 48.5 Å². The summed E-state index contributed by atoms with van der Waals surface area (Å²) in [4.78, 5) is 15.4. The highest BCUT2D eigenvalue weighted by atomic mass is 19.1. The summed E-state index contributed by atoms with van der Waals surface area (Å²) in [6.07, 6.45) is 0. The van der Waals surface area contributed by atoms with Gasteiger partial charge < -0.3 is 9.72 Å². The second-order valence-electron chi connectivity index (χ2n) is 5.58. The Balaban J connectivity index is 2.29. The van der Waals surface area contributed by atoms with Crippen LogP contribution >= 0.6 is 0 Å².